The Morgan fingerprint density at radius 3 is 2.30 bits per heavy atom. The minimum atomic E-state index is -0.193. The lowest BCUT2D eigenvalue weighted by Crippen LogP contribution is -2.51. The van der Waals surface area contributed by atoms with E-state index in [0.717, 1.165) is 124 Å². The third kappa shape index (κ3) is 8.67. The van der Waals surface area contributed by atoms with Crippen LogP contribution in [0.25, 0.3) is 11.3 Å². The van der Waals surface area contributed by atoms with E-state index in [1.54, 1.807) is 18.3 Å². The van der Waals surface area contributed by atoms with Crippen LogP contribution in [0.15, 0.2) is 41.1 Å². The minimum Gasteiger partial charge on any atom is -0.495 e. The van der Waals surface area contributed by atoms with Crippen LogP contribution < -0.4 is 9.64 Å². The number of nitrogens with zero attached hydrogens (tertiary/aromatic N) is 5. The number of aryl methyl sites for hydroxylation is 1. The van der Waals surface area contributed by atoms with Gasteiger partial charge in [0.15, 0.2) is 5.89 Å². The zero-order chi connectivity index (χ0) is 35.2. The van der Waals surface area contributed by atoms with Crippen LogP contribution in [-0.4, -0.2) is 65.7 Å². The second-order valence-corrected chi connectivity index (χ2v) is 15.2. The quantitative estimate of drug-likeness (QED) is 0.220. The van der Waals surface area contributed by atoms with Gasteiger partial charge in [0.05, 0.1) is 19.9 Å². The van der Waals surface area contributed by atoms with Crippen molar-refractivity contribution in [2.24, 2.45) is 23.7 Å². The van der Waals surface area contributed by atoms with Gasteiger partial charge in [0.2, 0.25) is 5.91 Å². The topological polar surface area (TPSA) is 111 Å². The van der Waals surface area contributed by atoms with Crippen LogP contribution in [-0.2, 0) is 9.53 Å². The standard InChI is InChI=1S/C32H40N4O3.C8H15NO2/c1-21-29(38-2)15-14-27(34-21)23-10-8-22(9-11-23)19-36(32(37)25-6-4-3-5-7-25)30-18-26(16-17-33-30)28-20-39-31(35-28)24-12-13-24;1-6(2)7-4-9(5-7)8(10)11-3/h14-18,20,22-25H,3-13,19H2,1-2H3;6-7H,4-5H2,1-3H3. The van der Waals surface area contributed by atoms with E-state index in [1.165, 1.54) is 13.5 Å². The van der Waals surface area contributed by atoms with E-state index in [1.807, 2.05) is 36.2 Å². The number of rotatable bonds is 9. The first kappa shape index (κ1) is 35.9. The Labute approximate surface area is 297 Å². The van der Waals surface area contributed by atoms with E-state index in [2.05, 4.69) is 24.7 Å². The number of carbonyl (C=O) groups excluding carboxylic acids is 2. The number of methoxy groups -OCH3 is 2. The lowest BCUT2D eigenvalue weighted by molar-refractivity contribution is -0.123. The van der Waals surface area contributed by atoms with Crippen LogP contribution >= 0.6 is 0 Å². The number of anilines is 1. The molecular formula is C40H55N5O5. The van der Waals surface area contributed by atoms with Crippen LogP contribution in [0.4, 0.5) is 10.6 Å². The third-order valence-corrected chi connectivity index (χ3v) is 11.3. The number of carbonyl (C=O) groups is 2. The summed E-state index contributed by atoms with van der Waals surface area (Å²) >= 11 is 0. The van der Waals surface area contributed by atoms with E-state index in [9.17, 15) is 9.59 Å². The maximum absolute atomic E-state index is 13.9. The van der Waals surface area contributed by atoms with Crippen LogP contribution in [0.5, 0.6) is 5.75 Å². The molecule has 2 amide bonds. The van der Waals surface area contributed by atoms with Gasteiger partial charge in [0.25, 0.3) is 0 Å². The average Bonchev–Trinajstić information content (AvgIpc) is 3.86. The zero-order valence-electron chi connectivity index (χ0n) is 30.6. The molecule has 3 aromatic heterocycles. The molecule has 1 saturated heterocycles. The Hall–Kier alpha value is -3.95. The zero-order valence-corrected chi connectivity index (χ0v) is 30.6. The highest BCUT2D eigenvalue weighted by Gasteiger charge is 2.34. The van der Waals surface area contributed by atoms with Crippen molar-refractivity contribution in [2.45, 2.75) is 103 Å². The summed E-state index contributed by atoms with van der Waals surface area (Å²) in [6.45, 7) is 8.82. The first-order valence-corrected chi connectivity index (χ1v) is 18.8. The molecule has 50 heavy (non-hydrogen) atoms. The highest BCUT2D eigenvalue weighted by Crippen LogP contribution is 2.41. The van der Waals surface area contributed by atoms with E-state index in [4.69, 9.17) is 24.1 Å². The first-order chi connectivity index (χ1) is 24.2. The monoisotopic (exact) mass is 685 g/mol. The number of ether oxygens (including phenoxy) is 2. The molecule has 0 radical (unpaired) electrons. The predicted octanol–water partition coefficient (Wildman–Crippen LogP) is 8.55. The van der Waals surface area contributed by atoms with Crippen molar-refractivity contribution in [3.05, 3.63) is 54.0 Å². The molecule has 0 N–H and O–H groups in total. The van der Waals surface area contributed by atoms with Gasteiger partial charge < -0.3 is 18.8 Å². The summed E-state index contributed by atoms with van der Waals surface area (Å²) in [6.07, 6.45) is 15.5. The number of oxazole rings is 1. The molecule has 0 bridgehead atoms. The lowest BCUT2D eigenvalue weighted by atomic mass is 9.79. The van der Waals surface area contributed by atoms with Crippen molar-refractivity contribution >= 4 is 17.8 Å². The first-order valence-electron chi connectivity index (χ1n) is 18.8. The van der Waals surface area contributed by atoms with Crippen LogP contribution in [0.2, 0.25) is 0 Å². The van der Waals surface area contributed by atoms with Gasteiger partial charge in [-0.1, -0.05) is 33.1 Å². The van der Waals surface area contributed by atoms with Crippen LogP contribution in [0, 0.1) is 30.6 Å². The molecule has 0 atom stereocenters. The maximum Gasteiger partial charge on any atom is 0.409 e. The highest BCUT2D eigenvalue weighted by molar-refractivity contribution is 5.94. The summed E-state index contributed by atoms with van der Waals surface area (Å²) in [7, 11) is 3.11. The van der Waals surface area contributed by atoms with Crippen LogP contribution in [0.1, 0.15) is 114 Å². The van der Waals surface area contributed by atoms with Gasteiger partial charge in [0, 0.05) is 54.8 Å². The normalized spacial score (nSPS) is 21.2. The molecule has 10 heteroatoms. The summed E-state index contributed by atoms with van der Waals surface area (Å²) in [5.74, 6) is 5.49. The number of likely N-dealkylation sites (tertiary alicyclic amines) is 1. The second-order valence-electron chi connectivity index (χ2n) is 15.2. The Kier molecular flexibility index (Phi) is 11.7. The Balaban J connectivity index is 0.000000336. The molecule has 0 unspecified atom stereocenters. The summed E-state index contributed by atoms with van der Waals surface area (Å²) < 4.78 is 15.7. The minimum absolute atomic E-state index is 0.0977. The van der Waals surface area contributed by atoms with E-state index >= 15 is 0 Å². The van der Waals surface area contributed by atoms with Gasteiger partial charge in [-0.05, 0) is 100 Å². The summed E-state index contributed by atoms with van der Waals surface area (Å²) in [6, 6.07) is 8.15. The fourth-order valence-electron chi connectivity index (χ4n) is 7.65. The fourth-order valence-corrected chi connectivity index (χ4v) is 7.65. The van der Waals surface area contributed by atoms with E-state index in [-0.39, 0.29) is 17.9 Å². The third-order valence-electron chi connectivity index (χ3n) is 11.3. The number of amides is 2. The fraction of sp³-hybridized carbons (Fsp3) is 0.625. The molecule has 3 aliphatic carbocycles. The Morgan fingerprint density at radius 1 is 0.940 bits per heavy atom. The molecule has 1 aliphatic heterocycles. The lowest BCUT2D eigenvalue weighted by Gasteiger charge is -2.40. The number of aromatic nitrogens is 3. The van der Waals surface area contributed by atoms with Crippen molar-refractivity contribution in [2.75, 3.05) is 38.8 Å². The molecule has 3 saturated carbocycles. The van der Waals surface area contributed by atoms with Crippen molar-refractivity contribution in [1.29, 1.82) is 0 Å². The molecule has 4 heterocycles. The largest absolute Gasteiger partial charge is 0.495 e. The van der Waals surface area contributed by atoms with Crippen molar-refractivity contribution in [1.82, 2.24) is 19.9 Å². The summed E-state index contributed by atoms with van der Waals surface area (Å²) in [5.41, 5.74) is 3.90. The Morgan fingerprint density at radius 2 is 1.66 bits per heavy atom. The molecule has 3 aromatic rings. The van der Waals surface area contributed by atoms with Gasteiger partial charge in [0.1, 0.15) is 23.5 Å². The average molecular weight is 686 g/mol. The molecule has 0 aromatic carbocycles. The van der Waals surface area contributed by atoms with Gasteiger partial charge in [-0.25, -0.2) is 14.8 Å². The SMILES string of the molecule is COC(=O)N1CC(C(C)C)C1.COc1ccc(C2CCC(CN(C(=O)C3CCCCC3)c3cc(-c4coc(C5CC5)n4)ccn3)CC2)nc1C. The number of pyridine rings is 2. The number of hydrogen-bond donors (Lipinski definition) is 0. The van der Waals surface area contributed by atoms with Crippen molar-refractivity contribution in [3.8, 4) is 17.0 Å². The van der Waals surface area contributed by atoms with Gasteiger partial charge in [-0.2, -0.15) is 0 Å². The molecule has 10 nitrogen and oxygen atoms in total. The highest BCUT2D eigenvalue weighted by atomic mass is 16.5. The molecule has 7 rings (SSSR count). The van der Waals surface area contributed by atoms with Crippen molar-refractivity contribution in [3.63, 3.8) is 0 Å². The van der Waals surface area contributed by atoms with Gasteiger partial charge in [-0.15, -0.1) is 0 Å². The predicted molar refractivity (Wildman–Crippen MR) is 193 cm³/mol. The van der Waals surface area contributed by atoms with E-state index < -0.39 is 0 Å². The maximum atomic E-state index is 13.9. The molecular weight excluding hydrogens is 630 g/mol. The summed E-state index contributed by atoms with van der Waals surface area (Å²) in [4.78, 5) is 42.8. The second kappa shape index (κ2) is 16.4. The molecule has 4 fully saturated rings. The molecule has 4 aliphatic rings. The molecule has 0 spiro atoms. The number of hydrogen-bond acceptors (Lipinski definition) is 8. The van der Waals surface area contributed by atoms with E-state index in [0.29, 0.717) is 29.6 Å². The summed E-state index contributed by atoms with van der Waals surface area (Å²) in [5, 5.41) is 0. The van der Waals surface area contributed by atoms with Crippen LogP contribution in [0.3, 0.4) is 0 Å². The smallest absolute Gasteiger partial charge is 0.409 e. The molecule has 270 valence electrons. The van der Waals surface area contributed by atoms with Crippen molar-refractivity contribution < 1.29 is 23.5 Å². The van der Waals surface area contributed by atoms with Gasteiger partial charge in [-0.3, -0.25) is 14.7 Å². The van der Waals surface area contributed by atoms with Gasteiger partial charge >= 0.3 is 6.09 Å². The Bertz CT molecular complexity index is 1580.